The number of hydrogen-bond donors (Lipinski definition) is 2. The van der Waals surface area contributed by atoms with E-state index in [4.69, 9.17) is 5.84 Å². The summed E-state index contributed by atoms with van der Waals surface area (Å²) in [5, 5.41) is 4.22. The lowest BCUT2D eigenvalue weighted by atomic mass is 9.76. The number of hydrazine groups is 1. The Morgan fingerprint density at radius 3 is 2.67 bits per heavy atom. The Balaban J connectivity index is 1.89. The molecule has 0 radical (unpaired) electrons. The van der Waals surface area contributed by atoms with E-state index in [1.54, 1.807) is 0 Å². The molecule has 18 heavy (non-hydrogen) atoms. The van der Waals surface area contributed by atoms with Crippen molar-refractivity contribution in [3.05, 3.63) is 18.0 Å². The molecule has 1 heterocycles. The van der Waals surface area contributed by atoms with Gasteiger partial charge in [-0.25, -0.2) is 0 Å². The highest BCUT2D eigenvalue weighted by atomic mass is 15.2. The molecule has 0 aliphatic heterocycles. The van der Waals surface area contributed by atoms with E-state index in [9.17, 15) is 0 Å². The Labute approximate surface area is 110 Å². The molecule has 2 rings (SSSR count). The maximum atomic E-state index is 5.75. The third-order valence-electron chi connectivity index (χ3n) is 4.47. The minimum atomic E-state index is 0.395. The molecule has 1 aliphatic carbocycles. The van der Waals surface area contributed by atoms with Gasteiger partial charge in [-0.2, -0.15) is 5.10 Å². The van der Waals surface area contributed by atoms with Crippen molar-refractivity contribution < 1.29 is 0 Å². The first kappa shape index (κ1) is 13.6. The highest BCUT2D eigenvalue weighted by Crippen LogP contribution is 2.33. The predicted octanol–water partition coefficient (Wildman–Crippen LogP) is 2.01. The van der Waals surface area contributed by atoms with Crippen molar-refractivity contribution in [2.45, 2.75) is 51.5 Å². The zero-order valence-electron chi connectivity index (χ0n) is 11.6. The van der Waals surface area contributed by atoms with Gasteiger partial charge in [-0.1, -0.05) is 26.2 Å². The lowest BCUT2D eigenvalue weighted by Gasteiger charge is -2.33. The van der Waals surface area contributed by atoms with Crippen molar-refractivity contribution in [1.29, 1.82) is 0 Å². The normalized spacial score (nSPS) is 26.2. The molecule has 1 fully saturated rings. The van der Waals surface area contributed by atoms with Crippen molar-refractivity contribution >= 4 is 0 Å². The van der Waals surface area contributed by atoms with Crippen LogP contribution in [0.2, 0.25) is 0 Å². The topological polar surface area (TPSA) is 55.9 Å². The molecule has 4 heteroatoms. The van der Waals surface area contributed by atoms with Crippen LogP contribution in [0.3, 0.4) is 0 Å². The van der Waals surface area contributed by atoms with Crippen LogP contribution in [0.25, 0.3) is 0 Å². The number of aryl methyl sites for hydroxylation is 1. The van der Waals surface area contributed by atoms with E-state index in [0.717, 1.165) is 18.3 Å². The van der Waals surface area contributed by atoms with Gasteiger partial charge < -0.3 is 0 Å². The summed E-state index contributed by atoms with van der Waals surface area (Å²) in [7, 11) is 1.96. The number of nitrogens with one attached hydrogen (secondary N) is 1. The van der Waals surface area contributed by atoms with Crippen LogP contribution in [-0.2, 0) is 13.5 Å². The number of hydrogen-bond acceptors (Lipinski definition) is 3. The summed E-state index contributed by atoms with van der Waals surface area (Å²) in [5.74, 6) is 7.41. The molecule has 0 aromatic carbocycles. The van der Waals surface area contributed by atoms with Gasteiger partial charge in [-0.05, 0) is 36.7 Å². The number of nitrogens with zero attached hydrogens (tertiary/aromatic N) is 2. The number of nitrogens with two attached hydrogens (primary N) is 1. The molecule has 3 N–H and O–H groups in total. The monoisotopic (exact) mass is 250 g/mol. The van der Waals surface area contributed by atoms with Gasteiger partial charge in [-0.15, -0.1) is 0 Å². The molecule has 1 aliphatic rings. The molecule has 102 valence electrons. The van der Waals surface area contributed by atoms with Gasteiger partial charge in [0.1, 0.15) is 0 Å². The van der Waals surface area contributed by atoms with Crippen LogP contribution in [0.15, 0.2) is 12.4 Å². The molecule has 0 bridgehead atoms. The van der Waals surface area contributed by atoms with E-state index < -0.39 is 0 Å². The second-order valence-corrected chi connectivity index (χ2v) is 5.69. The van der Waals surface area contributed by atoms with Gasteiger partial charge in [0.15, 0.2) is 0 Å². The third kappa shape index (κ3) is 3.33. The Morgan fingerprint density at radius 2 is 2.17 bits per heavy atom. The van der Waals surface area contributed by atoms with Gasteiger partial charge in [0, 0.05) is 19.3 Å². The second-order valence-electron chi connectivity index (χ2n) is 5.69. The van der Waals surface area contributed by atoms with Crippen LogP contribution < -0.4 is 11.3 Å². The Bertz CT molecular complexity index is 352. The first-order valence-corrected chi connectivity index (χ1v) is 7.16. The van der Waals surface area contributed by atoms with Crippen molar-refractivity contribution in [3.8, 4) is 0 Å². The highest BCUT2D eigenvalue weighted by molar-refractivity contribution is 5.06. The van der Waals surface area contributed by atoms with Gasteiger partial charge in [0.25, 0.3) is 0 Å². The molecule has 1 aromatic rings. The molecular weight excluding hydrogens is 224 g/mol. The maximum absolute atomic E-state index is 5.75. The summed E-state index contributed by atoms with van der Waals surface area (Å²) in [6.07, 6.45) is 11.7. The van der Waals surface area contributed by atoms with Crippen molar-refractivity contribution in [2.75, 3.05) is 0 Å². The first-order chi connectivity index (χ1) is 8.72. The minimum Gasteiger partial charge on any atom is -0.276 e. The molecule has 1 unspecified atom stereocenters. The zero-order valence-corrected chi connectivity index (χ0v) is 11.6. The predicted molar refractivity (Wildman–Crippen MR) is 73.8 cm³/mol. The van der Waals surface area contributed by atoms with E-state index in [-0.39, 0.29) is 0 Å². The van der Waals surface area contributed by atoms with Crippen LogP contribution in [0.1, 0.15) is 44.6 Å². The third-order valence-corrected chi connectivity index (χ3v) is 4.47. The largest absolute Gasteiger partial charge is 0.276 e. The fraction of sp³-hybridized carbons (Fsp3) is 0.786. The molecule has 0 amide bonds. The Hall–Kier alpha value is -0.870. The molecular formula is C14H26N4. The number of aromatic nitrogens is 2. The molecule has 1 atom stereocenters. The first-order valence-electron chi connectivity index (χ1n) is 7.16. The van der Waals surface area contributed by atoms with Gasteiger partial charge in [-0.3, -0.25) is 16.0 Å². The van der Waals surface area contributed by atoms with Gasteiger partial charge >= 0.3 is 0 Å². The summed E-state index contributed by atoms with van der Waals surface area (Å²) in [5.41, 5.74) is 4.30. The summed E-state index contributed by atoms with van der Waals surface area (Å²) < 4.78 is 1.86. The summed E-state index contributed by atoms with van der Waals surface area (Å²) in [4.78, 5) is 0. The SMILES string of the molecule is CCC1CCC(C(Cc2cnn(C)c2)NN)CC1. The van der Waals surface area contributed by atoms with Crippen LogP contribution in [0.5, 0.6) is 0 Å². The number of rotatable bonds is 5. The highest BCUT2D eigenvalue weighted by Gasteiger charge is 2.26. The lowest BCUT2D eigenvalue weighted by Crippen LogP contribution is -2.43. The van der Waals surface area contributed by atoms with E-state index >= 15 is 0 Å². The van der Waals surface area contributed by atoms with Crippen LogP contribution >= 0.6 is 0 Å². The van der Waals surface area contributed by atoms with Crippen molar-refractivity contribution in [2.24, 2.45) is 24.7 Å². The van der Waals surface area contributed by atoms with Gasteiger partial charge in [0.2, 0.25) is 0 Å². The Kier molecular flexibility index (Phi) is 4.78. The van der Waals surface area contributed by atoms with Crippen molar-refractivity contribution in [1.82, 2.24) is 15.2 Å². The van der Waals surface area contributed by atoms with Gasteiger partial charge in [0.05, 0.1) is 6.20 Å². The van der Waals surface area contributed by atoms with Crippen LogP contribution in [-0.4, -0.2) is 15.8 Å². The van der Waals surface area contributed by atoms with Crippen LogP contribution in [0, 0.1) is 11.8 Å². The molecule has 1 aromatic heterocycles. The van der Waals surface area contributed by atoms with E-state index in [1.165, 1.54) is 37.7 Å². The molecule has 4 nitrogen and oxygen atoms in total. The average molecular weight is 250 g/mol. The lowest BCUT2D eigenvalue weighted by molar-refractivity contribution is 0.217. The average Bonchev–Trinajstić information content (AvgIpc) is 2.82. The minimum absolute atomic E-state index is 0.395. The quantitative estimate of drug-likeness (QED) is 0.621. The fourth-order valence-electron chi connectivity index (χ4n) is 3.19. The van der Waals surface area contributed by atoms with Crippen LogP contribution in [0.4, 0.5) is 0 Å². The second kappa shape index (κ2) is 6.34. The standard InChI is InChI=1S/C14H26N4/c1-3-11-4-6-13(7-5-11)14(17-15)8-12-9-16-18(2)10-12/h9-11,13-14,17H,3-8,15H2,1-2H3. The molecule has 1 saturated carbocycles. The molecule has 0 saturated heterocycles. The summed E-state index contributed by atoms with van der Waals surface area (Å²) >= 11 is 0. The smallest absolute Gasteiger partial charge is 0.0522 e. The maximum Gasteiger partial charge on any atom is 0.0522 e. The van der Waals surface area contributed by atoms with E-state index in [0.29, 0.717) is 6.04 Å². The summed E-state index contributed by atoms with van der Waals surface area (Å²) in [6, 6.07) is 0.395. The fourth-order valence-corrected chi connectivity index (χ4v) is 3.19. The summed E-state index contributed by atoms with van der Waals surface area (Å²) in [6.45, 7) is 2.30. The Morgan fingerprint density at radius 1 is 1.44 bits per heavy atom. The van der Waals surface area contributed by atoms with Crippen molar-refractivity contribution in [3.63, 3.8) is 0 Å². The van der Waals surface area contributed by atoms with E-state index in [1.807, 2.05) is 17.9 Å². The molecule has 0 spiro atoms. The van der Waals surface area contributed by atoms with E-state index in [2.05, 4.69) is 23.6 Å². The zero-order chi connectivity index (χ0) is 13.0.